The second-order valence-electron chi connectivity index (χ2n) is 11.1. The normalized spacial score (nSPS) is 19.8. The van der Waals surface area contributed by atoms with E-state index in [2.05, 4.69) is 9.97 Å². The van der Waals surface area contributed by atoms with Crippen molar-refractivity contribution in [3.63, 3.8) is 0 Å². The molecule has 1 unspecified atom stereocenters. The van der Waals surface area contributed by atoms with Gasteiger partial charge in [0.1, 0.15) is 12.4 Å². The summed E-state index contributed by atoms with van der Waals surface area (Å²) in [6, 6.07) is 4.58. The minimum absolute atomic E-state index is 0.00963. The Morgan fingerprint density at radius 1 is 1.05 bits per heavy atom. The molecule has 0 aliphatic heterocycles. The fraction of sp³-hybridized carbons (Fsp3) is 0.414. The number of aliphatic hydroxyl groups is 1. The van der Waals surface area contributed by atoms with E-state index in [1.165, 1.54) is 6.07 Å². The van der Waals surface area contributed by atoms with Gasteiger partial charge in [-0.3, -0.25) is 4.79 Å². The first-order valence-electron chi connectivity index (χ1n) is 13.0. The van der Waals surface area contributed by atoms with Crippen molar-refractivity contribution in [2.24, 2.45) is 5.92 Å². The molecule has 2 aromatic heterocycles. The lowest BCUT2D eigenvalue weighted by Gasteiger charge is -2.21. The number of aliphatic carboxylic acids is 1. The Morgan fingerprint density at radius 2 is 1.80 bits per heavy atom. The third-order valence-electron chi connectivity index (χ3n) is 7.60. The molecule has 2 aliphatic rings. The molecule has 5 rings (SSSR count). The van der Waals surface area contributed by atoms with Gasteiger partial charge in [0.2, 0.25) is 11.8 Å². The van der Waals surface area contributed by atoms with Gasteiger partial charge in [0.05, 0.1) is 18.1 Å². The van der Waals surface area contributed by atoms with Crippen molar-refractivity contribution in [2.45, 2.75) is 61.1 Å². The van der Waals surface area contributed by atoms with Crippen LogP contribution in [0.2, 0.25) is 0 Å². The number of benzene rings is 1. The molecule has 7 nitrogen and oxygen atoms in total. The molecule has 1 saturated carbocycles. The molecule has 1 fully saturated rings. The van der Waals surface area contributed by atoms with E-state index in [-0.39, 0.29) is 59.9 Å². The third-order valence-corrected chi connectivity index (χ3v) is 8.18. The van der Waals surface area contributed by atoms with Crippen LogP contribution in [0.25, 0.3) is 11.1 Å². The molecule has 0 saturated heterocycles. The Balaban J connectivity index is 1.38. The summed E-state index contributed by atoms with van der Waals surface area (Å²) in [7, 11) is 0. The van der Waals surface area contributed by atoms with Crippen molar-refractivity contribution in [2.75, 3.05) is 6.61 Å². The molecule has 41 heavy (non-hydrogen) atoms. The van der Waals surface area contributed by atoms with Crippen molar-refractivity contribution in [1.29, 1.82) is 0 Å². The van der Waals surface area contributed by atoms with E-state index in [1.54, 1.807) is 26.1 Å². The van der Waals surface area contributed by atoms with Crippen LogP contribution in [0.3, 0.4) is 0 Å². The summed E-state index contributed by atoms with van der Waals surface area (Å²) < 4.78 is 66.3. The van der Waals surface area contributed by atoms with Crippen LogP contribution >= 0.6 is 22.6 Å². The largest absolute Gasteiger partial charge is 0.481 e. The van der Waals surface area contributed by atoms with Gasteiger partial charge in [-0.05, 0) is 73.4 Å². The SMILES string of the molecule is CC(C)(O)CCOc1ncc(-c2cc(COc3cc4c(cn3)[C@H]3CC4C[C@@H]3C(=O)O)c(F)cc2C(F)(F)I)cc1F. The van der Waals surface area contributed by atoms with Crippen LogP contribution in [0, 0.1) is 17.6 Å². The highest BCUT2D eigenvalue weighted by molar-refractivity contribution is 14.1. The van der Waals surface area contributed by atoms with E-state index >= 15 is 0 Å². The third kappa shape index (κ3) is 6.27. The van der Waals surface area contributed by atoms with Gasteiger partial charge in [0.15, 0.2) is 5.82 Å². The molecule has 2 bridgehead atoms. The van der Waals surface area contributed by atoms with Gasteiger partial charge in [-0.2, -0.15) is 8.78 Å². The summed E-state index contributed by atoms with van der Waals surface area (Å²) in [5.74, 6) is -3.24. The van der Waals surface area contributed by atoms with Gasteiger partial charge in [0.25, 0.3) is 0 Å². The van der Waals surface area contributed by atoms with Crippen LogP contribution in [-0.2, 0) is 15.3 Å². The summed E-state index contributed by atoms with van der Waals surface area (Å²) in [6.07, 6.45) is 4.23. The number of rotatable bonds is 10. The van der Waals surface area contributed by atoms with Crippen LogP contribution in [0.1, 0.15) is 67.2 Å². The lowest BCUT2D eigenvalue weighted by Crippen LogP contribution is -2.22. The maximum atomic E-state index is 15.0. The van der Waals surface area contributed by atoms with Crippen molar-refractivity contribution in [1.82, 2.24) is 9.97 Å². The highest BCUT2D eigenvalue weighted by Gasteiger charge is 2.47. The van der Waals surface area contributed by atoms with E-state index < -0.39 is 38.6 Å². The highest BCUT2D eigenvalue weighted by Crippen LogP contribution is 2.56. The molecule has 12 heteroatoms. The lowest BCUT2D eigenvalue weighted by atomic mass is 9.85. The fourth-order valence-corrected chi connectivity index (χ4v) is 5.99. The van der Waals surface area contributed by atoms with Crippen LogP contribution in [0.15, 0.2) is 36.7 Å². The standard InChI is InChI=1S/C29H27F4IN2O5/c1-28(2,39)3-4-40-26-24(31)8-15(11-36-26)18-7-16(23(30)10-22(18)29(32,33)34)13-41-25-9-17-14-5-19(21(17)12-35-25)20(6-14)27(37)38/h7-12,14,19-20,39H,3-6,13H2,1-2H3,(H,37,38)/t14?,19-,20-/m0/s1. The molecule has 2 heterocycles. The van der Waals surface area contributed by atoms with Gasteiger partial charge >= 0.3 is 9.90 Å². The quantitative estimate of drug-likeness (QED) is 0.139. The van der Waals surface area contributed by atoms with Crippen molar-refractivity contribution >= 4 is 28.6 Å². The first-order chi connectivity index (χ1) is 19.2. The molecule has 218 valence electrons. The Hall–Kier alpha value is -3.00. The van der Waals surface area contributed by atoms with Gasteiger partial charge in [-0.15, -0.1) is 0 Å². The first kappa shape index (κ1) is 29.5. The monoisotopic (exact) mass is 686 g/mol. The van der Waals surface area contributed by atoms with E-state index in [0.717, 1.165) is 52.4 Å². The Kier molecular flexibility index (Phi) is 7.92. The molecule has 0 spiro atoms. The van der Waals surface area contributed by atoms with Gasteiger partial charge in [0, 0.05) is 64.2 Å². The van der Waals surface area contributed by atoms with Gasteiger partial charge < -0.3 is 19.7 Å². The number of carboxylic acid groups (broad SMARTS) is 1. The maximum absolute atomic E-state index is 15.0. The van der Waals surface area contributed by atoms with E-state index in [9.17, 15) is 32.6 Å². The number of carboxylic acids is 1. The van der Waals surface area contributed by atoms with Crippen LogP contribution < -0.4 is 9.47 Å². The molecular weight excluding hydrogens is 659 g/mol. The zero-order valence-electron chi connectivity index (χ0n) is 22.1. The minimum Gasteiger partial charge on any atom is -0.481 e. The minimum atomic E-state index is -3.47. The number of nitrogens with zero attached hydrogens (tertiary/aromatic N) is 2. The highest BCUT2D eigenvalue weighted by atomic mass is 127. The Morgan fingerprint density at radius 3 is 2.46 bits per heavy atom. The number of hydrogen-bond donors (Lipinski definition) is 2. The number of carbonyl (C=O) groups is 1. The molecule has 2 aliphatic carbocycles. The first-order valence-corrected chi connectivity index (χ1v) is 14.1. The zero-order chi connectivity index (χ0) is 29.7. The molecule has 0 amide bonds. The molecular formula is C29H27F4IN2O5. The van der Waals surface area contributed by atoms with Crippen LogP contribution in [0.4, 0.5) is 17.6 Å². The number of hydrogen-bond acceptors (Lipinski definition) is 6. The molecule has 3 atom stereocenters. The van der Waals surface area contributed by atoms with Crippen molar-refractivity contribution < 1.29 is 42.0 Å². The number of pyridine rings is 2. The molecule has 3 aromatic rings. The van der Waals surface area contributed by atoms with Crippen molar-refractivity contribution in [3.05, 3.63) is 70.5 Å². The smallest absolute Gasteiger partial charge is 0.322 e. The number of aromatic nitrogens is 2. The fourth-order valence-electron chi connectivity index (χ4n) is 5.54. The molecule has 1 aromatic carbocycles. The Bertz CT molecular complexity index is 1490. The number of fused-ring (bicyclic) bond motifs is 5. The van der Waals surface area contributed by atoms with E-state index in [0.29, 0.717) is 12.5 Å². The average Bonchev–Trinajstić information content (AvgIpc) is 3.47. The summed E-state index contributed by atoms with van der Waals surface area (Å²) >= 11 is 0.886. The van der Waals surface area contributed by atoms with E-state index in [1.807, 2.05) is 0 Å². The van der Waals surface area contributed by atoms with Gasteiger partial charge in [-0.1, -0.05) is 0 Å². The predicted molar refractivity (Wildman–Crippen MR) is 148 cm³/mol. The lowest BCUT2D eigenvalue weighted by molar-refractivity contribution is -0.142. The van der Waals surface area contributed by atoms with Crippen molar-refractivity contribution in [3.8, 4) is 22.9 Å². The second kappa shape index (κ2) is 11.0. The summed E-state index contributed by atoms with van der Waals surface area (Å²) in [5, 5.41) is 19.2. The maximum Gasteiger partial charge on any atom is 0.322 e. The van der Waals surface area contributed by atoms with Crippen LogP contribution in [-0.4, -0.2) is 38.4 Å². The summed E-state index contributed by atoms with van der Waals surface area (Å²) in [4.78, 5) is 19.7. The number of alkyl halides is 3. The topological polar surface area (TPSA) is 102 Å². The molecule has 0 radical (unpaired) electrons. The summed E-state index contributed by atoms with van der Waals surface area (Å²) in [6.45, 7) is 2.80. The molecule has 2 N–H and O–H groups in total. The number of ether oxygens (including phenoxy) is 2. The average molecular weight is 686 g/mol. The van der Waals surface area contributed by atoms with E-state index in [4.69, 9.17) is 9.47 Å². The van der Waals surface area contributed by atoms with Crippen LogP contribution in [0.5, 0.6) is 11.8 Å². The predicted octanol–water partition coefficient (Wildman–Crippen LogP) is 6.70. The Labute approximate surface area is 247 Å². The summed E-state index contributed by atoms with van der Waals surface area (Å²) in [5.41, 5.74) is -0.0271. The van der Waals surface area contributed by atoms with Gasteiger partial charge in [-0.25, -0.2) is 18.7 Å². The second-order valence-corrected chi connectivity index (χ2v) is 12.4. The zero-order valence-corrected chi connectivity index (χ0v) is 24.3. The number of halogens is 5.